The number of rotatable bonds is 4. The summed E-state index contributed by atoms with van der Waals surface area (Å²) in [5.74, 6) is -0.329. The van der Waals surface area contributed by atoms with Crippen molar-refractivity contribution in [1.29, 1.82) is 0 Å². The minimum atomic E-state index is -3.40. The number of carbonyl (C=O) groups is 1. The maximum Gasteiger partial charge on any atom is 0.256 e. The molecular formula is C23H22ClN3O3S3. The Kier molecular flexibility index (Phi) is 6.61. The molecule has 33 heavy (non-hydrogen) atoms. The first kappa shape index (κ1) is 23.8. The van der Waals surface area contributed by atoms with E-state index in [1.807, 2.05) is 18.2 Å². The van der Waals surface area contributed by atoms with Crippen molar-refractivity contribution in [2.24, 2.45) is 0 Å². The summed E-state index contributed by atoms with van der Waals surface area (Å²) in [7, 11) is -1.31. The van der Waals surface area contributed by atoms with Crippen molar-refractivity contribution >= 4 is 66.0 Å². The summed E-state index contributed by atoms with van der Waals surface area (Å²) >= 11 is 3.20. The van der Waals surface area contributed by atoms with Gasteiger partial charge in [0.1, 0.15) is 10.0 Å². The van der Waals surface area contributed by atoms with Gasteiger partial charge in [-0.2, -0.15) is 0 Å². The van der Waals surface area contributed by atoms with Crippen LogP contribution < -0.4 is 5.32 Å². The second kappa shape index (κ2) is 9.15. The maximum atomic E-state index is 13.1. The predicted molar refractivity (Wildman–Crippen MR) is 138 cm³/mol. The number of nitrogens with one attached hydrogen (secondary N) is 1. The molecule has 2 aromatic heterocycles. The summed E-state index contributed by atoms with van der Waals surface area (Å²) in [4.78, 5) is 21.6. The number of amides is 1. The van der Waals surface area contributed by atoms with Crippen LogP contribution in [-0.2, 0) is 22.8 Å². The number of likely N-dealkylation sites (N-methyl/N-ethyl adjacent to an activating group) is 1. The molecule has 0 saturated heterocycles. The van der Waals surface area contributed by atoms with Gasteiger partial charge in [0, 0.05) is 35.3 Å². The van der Waals surface area contributed by atoms with Gasteiger partial charge >= 0.3 is 0 Å². The van der Waals surface area contributed by atoms with Crippen LogP contribution >= 0.6 is 35.1 Å². The quantitative estimate of drug-likeness (QED) is 0.406. The molecule has 10 heteroatoms. The summed E-state index contributed by atoms with van der Waals surface area (Å²) in [5, 5.41) is 4.71. The zero-order chi connectivity index (χ0) is 22.5. The van der Waals surface area contributed by atoms with Crippen LogP contribution in [0.15, 0.2) is 53.4 Å². The van der Waals surface area contributed by atoms with Gasteiger partial charge in [0.15, 0.2) is 9.84 Å². The molecule has 1 amide bonds. The molecule has 0 saturated carbocycles. The fourth-order valence-corrected chi connectivity index (χ4v) is 6.97. The Labute approximate surface area is 206 Å². The Morgan fingerprint density at radius 3 is 2.67 bits per heavy atom. The van der Waals surface area contributed by atoms with E-state index in [1.54, 1.807) is 34.8 Å². The van der Waals surface area contributed by atoms with E-state index in [-0.39, 0.29) is 23.2 Å². The Morgan fingerprint density at radius 2 is 1.91 bits per heavy atom. The van der Waals surface area contributed by atoms with Crippen molar-refractivity contribution in [3.05, 3.63) is 64.5 Å². The summed E-state index contributed by atoms with van der Waals surface area (Å²) < 4.78 is 24.9. The average Bonchev–Trinajstić information content (AvgIpc) is 3.33. The molecule has 0 aliphatic carbocycles. The van der Waals surface area contributed by atoms with E-state index in [9.17, 15) is 13.2 Å². The third-order valence-electron chi connectivity index (χ3n) is 5.51. The van der Waals surface area contributed by atoms with Gasteiger partial charge in [0.2, 0.25) is 0 Å². The van der Waals surface area contributed by atoms with E-state index in [0.29, 0.717) is 5.56 Å². The number of thiazole rings is 1. The number of para-hydroxylation sites is 1. The molecule has 0 atom stereocenters. The average molecular weight is 520 g/mol. The zero-order valence-corrected chi connectivity index (χ0v) is 21.3. The van der Waals surface area contributed by atoms with E-state index in [2.05, 4.69) is 23.3 Å². The first-order valence-corrected chi connectivity index (χ1v) is 13.6. The Morgan fingerprint density at radius 1 is 1.12 bits per heavy atom. The molecule has 1 aliphatic rings. The lowest BCUT2D eigenvalue weighted by Gasteiger charge is -2.22. The molecule has 0 unspecified atom stereocenters. The fraction of sp³-hybridized carbons (Fsp3) is 0.217. The van der Waals surface area contributed by atoms with Gasteiger partial charge in [0.25, 0.3) is 5.91 Å². The molecule has 5 rings (SSSR count). The summed E-state index contributed by atoms with van der Waals surface area (Å²) in [6.07, 6.45) is 2.03. The van der Waals surface area contributed by atoms with Crippen LogP contribution in [0.5, 0.6) is 0 Å². The van der Waals surface area contributed by atoms with Crippen LogP contribution in [0.3, 0.4) is 0 Å². The number of carbonyl (C=O) groups excluding carboxylic acids is 1. The minimum absolute atomic E-state index is 0. The highest BCUT2D eigenvalue weighted by Crippen LogP contribution is 2.45. The van der Waals surface area contributed by atoms with Gasteiger partial charge in [-0.25, -0.2) is 13.4 Å². The summed E-state index contributed by atoms with van der Waals surface area (Å²) in [6, 6.07) is 14.2. The second-order valence-corrected chi connectivity index (χ2v) is 12.1. The minimum Gasteiger partial charge on any atom is -0.313 e. The number of hydrogen-bond acceptors (Lipinski definition) is 7. The van der Waals surface area contributed by atoms with E-state index < -0.39 is 9.84 Å². The van der Waals surface area contributed by atoms with Crippen LogP contribution in [-0.4, -0.2) is 44.1 Å². The normalized spacial score (nSPS) is 14.0. The number of sulfone groups is 1. The number of aromatic nitrogens is 1. The van der Waals surface area contributed by atoms with Crippen molar-refractivity contribution in [3.63, 3.8) is 0 Å². The summed E-state index contributed by atoms with van der Waals surface area (Å²) in [6.45, 7) is 1.78. The number of nitrogens with zero attached hydrogens (tertiary/aromatic N) is 2. The molecule has 0 radical (unpaired) electrons. The van der Waals surface area contributed by atoms with Crippen LogP contribution in [0.2, 0.25) is 0 Å². The zero-order valence-electron chi connectivity index (χ0n) is 18.0. The highest BCUT2D eigenvalue weighted by molar-refractivity contribution is 7.90. The van der Waals surface area contributed by atoms with Crippen molar-refractivity contribution in [2.75, 3.05) is 25.2 Å². The highest BCUT2D eigenvalue weighted by Gasteiger charge is 2.27. The third-order valence-corrected chi connectivity index (χ3v) is 8.80. The van der Waals surface area contributed by atoms with Crippen molar-refractivity contribution in [2.45, 2.75) is 17.9 Å². The molecule has 2 aromatic carbocycles. The van der Waals surface area contributed by atoms with Crippen LogP contribution in [0.4, 0.5) is 5.00 Å². The maximum absolute atomic E-state index is 13.1. The number of benzene rings is 2. The van der Waals surface area contributed by atoms with E-state index in [4.69, 9.17) is 4.98 Å². The molecule has 1 aliphatic heterocycles. The van der Waals surface area contributed by atoms with E-state index in [0.717, 1.165) is 51.6 Å². The summed E-state index contributed by atoms with van der Waals surface area (Å²) in [5.41, 5.74) is 3.49. The smallest absolute Gasteiger partial charge is 0.256 e. The van der Waals surface area contributed by atoms with Crippen molar-refractivity contribution < 1.29 is 13.2 Å². The number of thiophene rings is 1. The fourth-order valence-electron chi connectivity index (χ4n) is 3.87. The van der Waals surface area contributed by atoms with Gasteiger partial charge in [-0.1, -0.05) is 18.2 Å². The number of fused-ring (bicyclic) bond motifs is 2. The van der Waals surface area contributed by atoms with Gasteiger partial charge in [-0.15, -0.1) is 35.1 Å². The van der Waals surface area contributed by atoms with Gasteiger partial charge in [-0.3, -0.25) is 4.79 Å². The second-order valence-electron chi connectivity index (χ2n) is 7.94. The lowest BCUT2D eigenvalue weighted by atomic mass is 10.0. The molecule has 0 fully saturated rings. The van der Waals surface area contributed by atoms with E-state index in [1.165, 1.54) is 22.6 Å². The Balaban J connectivity index is 0.00000259. The predicted octanol–water partition coefficient (Wildman–Crippen LogP) is 5.09. The number of halogens is 1. The molecule has 0 bridgehead atoms. The first-order chi connectivity index (χ1) is 15.3. The van der Waals surface area contributed by atoms with Crippen molar-refractivity contribution in [3.8, 4) is 10.6 Å². The molecule has 1 N–H and O–H groups in total. The molecule has 172 valence electrons. The number of hydrogen-bond donors (Lipinski definition) is 1. The molecule has 3 heterocycles. The van der Waals surface area contributed by atoms with Gasteiger partial charge in [0.05, 0.1) is 15.1 Å². The third kappa shape index (κ3) is 4.69. The Bertz CT molecular complexity index is 1430. The van der Waals surface area contributed by atoms with Crippen LogP contribution in [0.1, 0.15) is 20.8 Å². The number of anilines is 1. The largest absolute Gasteiger partial charge is 0.313 e. The van der Waals surface area contributed by atoms with Gasteiger partial charge in [-0.05, 0) is 49.4 Å². The molecule has 6 nitrogen and oxygen atoms in total. The monoisotopic (exact) mass is 519 g/mol. The Hall–Kier alpha value is -2.30. The topological polar surface area (TPSA) is 79.4 Å². The van der Waals surface area contributed by atoms with Gasteiger partial charge < -0.3 is 10.2 Å². The standard InChI is InChI=1S/C23H21N3O3S3.ClH/c1-26-11-10-16-19(13-26)31-23(20(16)22-24-17-8-3-4-9-18(17)30-22)25-21(27)14-6-5-7-15(12-14)32(2,28)29;/h3-9,12H,10-11,13H2,1-2H3,(H,25,27);1H. The lowest BCUT2D eigenvalue weighted by molar-refractivity contribution is 0.102. The lowest BCUT2D eigenvalue weighted by Crippen LogP contribution is -2.25. The van der Waals surface area contributed by atoms with E-state index >= 15 is 0 Å². The molecular weight excluding hydrogens is 498 g/mol. The molecule has 0 spiro atoms. The van der Waals surface area contributed by atoms with Crippen LogP contribution in [0.25, 0.3) is 20.8 Å². The molecule has 4 aromatic rings. The highest BCUT2D eigenvalue weighted by atomic mass is 35.5. The first-order valence-electron chi connectivity index (χ1n) is 10.1. The van der Waals surface area contributed by atoms with Crippen molar-refractivity contribution in [1.82, 2.24) is 9.88 Å². The SMILES string of the molecule is CN1CCc2c(sc(NC(=O)c3cccc(S(C)(=O)=O)c3)c2-c2nc3ccccc3s2)C1.Cl. The van der Waals surface area contributed by atoms with Crippen LogP contribution in [0, 0.1) is 0 Å².